The molecule has 5 nitrogen and oxygen atoms in total. The Morgan fingerprint density at radius 3 is 1.09 bits per heavy atom. The van der Waals surface area contributed by atoms with Crippen molar-refractivity contribution in [1.82, 2.24) is 4.90 Å². The summed E-state index contributed by atoms with van der Waals surface area (Å²) in [6.07, 6.45) is 42.9. The first-order valence-electron chi connectivity index (χ1n) is 20.8. The third-order valence-corrected chi connectivity index (χ3v) is 9.86. The lowest BCUT2D eigenvalue weighted by atomic mass is 10.0. The summed E-state index contributed by atoms with van der Waals surface area (Å²) in [5, 5.41) is 8.99. The summed E-state index contributed by atoms with van der Waals surface area (Å²) in [5.74, 6) is -0.796. The van der Waals surface area contributed by atoms with Gasteiger partial charge in [-0.15, -0.1) is 0 Å². The van der Waals surface area contributed by atoms with Crippen LogP contribution in [0.1, 0.15) is 239 Å². The molecule has 0 aliphatic carbocycles. The molecule has 0 aliphatic rings. The lowest BCUT2D eigenvalue weighted by Crippen LogP contribution is -2.46. The minimum absolute atomic E-state index is 0.0377. The first kappa shape index (κ1) is 44.9. The van der Waals surface area contributed by atoms with Crippen LogP contribution in [0.3, 0.4) is 0 Å². The molecule has 0 aromatic heterocycles. The molecular weight excluding hydrogens is 568 g/mol. The highest BCUT2D eigenvalue weighted by Crippen LogP contribution is 2.17. The molecule has 1 amide bonds. The quantitative estimate of drug-likeness (QED) is 0.0514. The smallest absolute Gasteiger partial charge is 0.303 e. The van der Waals surface area contributed by atoms with Crippen LogP contribution in [0.25, 0.3) is 0 Å². The number of carboxylic acid groups (broad SMARTS) is 1. The Kier molecular flexibility index (Phi) is 35.9. The second-order valence-corrected chi connectivity index (χ2v) is 14.4. The standard InChI is InChI=1S/C41H82N2O3/c1-3-5-7-9-11-13-15-17-19-21-23-25-27-29-31-33-38-43(40(44)36-34-37-41(45)46)39(42)35-32-30-28-26-24-22-20-18-16-14-12-10-8-6-4-2/h39H,3-38,42H2,1-2H3,(H,45,46). The molecule has 0 aromatic rings. The highest BCUT2D eigenvalue weighted by atomic mass is 16.4. The van der Waals surface area contributed by atoms with Crippen LogP contribution in [-0.2, 0) is 9.59 Å². The van der Waals surface area contributed by atoms with E-state index < -0.39 is 5.97 Å². The molecule has 0 rings (SSSR count). The van der Waals surface area contributed by atoms with Crippen molar-refractivity contribution in [2.45, 2.75) is 245 Å². The summed E-state index contributed by atoms with van der Waals surface area (Å²) in [6.45, 7) is 5.28. The number of aliphatic carboxylic acids is 1. The molecule has 0 fully saturated rings. The van der Waals surface area contributed by atoms with Gasteiger partial charge < -0.3 is 15.7 Å². The van der Waals surface area contributed by atoms with E-state index in [4.69, 9.17) is 10.8 Å². The highest BCUT2D eigenvalue weighted by Gasteiger charge is 2.20. The molecule has 0 radical (unpaired) electrons. The number of nitrogens with two attached hydrogens (primary N) is 1. The lowest BCUT2D eigenvalue weighted by molar-refractivity contribution is -0.137. The van der Waals surface area contributed by atoms with Crippen molar-refractivity contribution in [2.75, 3.05) is 6.54 Å². The van der Waals surface area contributed by atoms with Crippen molar-refractivity contribution in [2.24, 2.45) is 5.73 Å². The molecule has 1 atom stereocenters. The van der Waals surface area contributed by atoms with E-state index in [0.717, 1.165) is 25.7 Å². The van der Waals surface area contributed by atoms with E-state index in [1.165, 1.54) is 180 Å². The van der Waals surface area contributed by atoms with E-state index in [-0.39, 0.29) is 24.9 Å². The van der Waals surface area contributed by atoms with Crippen LogP contribution >= 0.6 is 0 Å². The van der Waals surface area contributed by atoms with Crippen LogP contribution in [0.5, 0.6) is 0 Å². The van der Waals surface area contributed by atoms with Gasteiger partial charge in [-0.05, 0) is 19.3 Å². The minimum atomic E-state index is -0.834. The number of hydrogen-bond acceptors (Lipinski definition) is 3. The predicted molar refractivity (Wildman–Crippen MR) is 200 cm³/mol. The van der Waals surface area contributed by atoms with E-state index in [2.05, 4.69) is 13.8 Å². The van der Waals surface area contributed by atoms with Gasteiger partial charge in [-0.25, -0.2) is 0 Å². The molecule has 0 aliphatic heterocycles. The summed E-state index contributed by atoms with van der Waals surface area (Å²) >= 11 is 0. The van der Waals surface area contributed by atoms with Crippen molar-refractivity contribution >= 4 is 11.9 Å². The average Bonchev–Trinajstić information content (AvgIpc) is 3.04. The van der Waals surface area contributed by atoms with Crippen molar-refractivity contribution < 1.29 is 14.7 Å². The predicted octanol–water partition coefficient (Wildman–Crippen LogP) is 12.9. The van der Waals surface area contributed by atoms with Crippen LogP contribution in [0.2, 0.25) is 0 Å². The molecule has 0 spiro atoms. The normalized spacial score (nSPS) is 12.1. The molecule has 0 aromatic carbocycles. The van der Waals surface area contributed by atoms with E-state index in [0.29, 0.717) is 13.0 Å². The fourth-order valence-corrected chi connectivity index (χ4v) is 6.72. The Hall–Kier alpha value is -1.10. The number of amides is 1. The van der Waals surface area contributed by atoms with Crippen molar-refractivity contribution in [1.29, 1.82) is 0 Å². The molecule has 274 valence electrons. The number of hydrogen-bond donors (Lipinski definition) is 2. The van der Waals surface area contributed by atoms with E-state index >= 15 is 0 Å². The highest BCUT2D eigenvalue weighted by molar-refractivity contribution is 5.77. The van der Waals surface area contributed by atoms with Gasteiger partial charge in [0.25, 0.3) is 0 Å². The van der Waals surface area contributed by atoms with Crippen LogP contribution in [0, 0.1) is 0 Å². The zero-order valence-corrected chi connectivity index (χ0v) is 31.3. The van der Waals surface area contributed by atoms with E-state index in [1.807, 2.05) is 4.90 Å². The summed E-state index contributed by atoms with van der Waals surface area (Å²) in [7, 11) is 0. The van der Waals surface area contributed by atoms with Gasteiger partial charge in [-0.2, -0.15) is 0 Å². The molecule has 1 unspecified atom stereocenters. The molecule has 0 saturated heterocycles. The SMILES string of the molecule is CCCCCCCCCCCCCCCCCCN(C(=O)CCCC(=O)O)C(N)CCCCCCCCCCCCCCCCC. The maximum absolute atomic E-state index is 13.0. The van der Waals surface area contributed by atoms with Gasteiger partial charge >= 0.3 is 5.97 Å². The third kappa shape index (κ3) is 32.8. The monoisotopic (exact) mass is 651 g/mol. The largest absolute Gasteiger partial charge is 0.481 e. The van der Waals surface area contributed by atoms with Crippen LogP contribution in [-0.4, -0.2) is 34.6 Å². The van der Waals surface area contributed by atoms with Crippen LogP contribution in [0.15, 0.2) is 0 Å². The Labute approximate surface area is 288 Å². The average molecular weight is 651 g/mol. The Bertz CT molecular complexity index is 641. The fourth-order valence-electron chi connectivity index (χ4n) is 6.72. The van der Waals surface area contributed by atoms with Crippen LogP contribution < -0.4 is 5.73 Å². The molecule has 46 heavy (non-hydrogen) atoms. The maximum Gasteiger partial charge on any atom is 0.303 e. The first-order chi connectivity index (χ1) is 22.5. The topological polar surface area (TPSA) is 83.6 Å². The molecule has 0 bridgehead atoms. The van der Waals surface area contributed by atoms with Gasteiger partial charge in [0.15, 0.2) is 0 Å². The summed E-state index contributed by atoms with van der Waals surface area (Å²) in [5.41, 5.74) is 6.56. The molecule has 0 saturated carbocycles. The van der Waals surface area contributed by atoms with Gasteiger partial charge in [-0.1, -0.05) is 206 Å². The lowest BCUT2D eigenvalue weighted by Gasteiger charge is -2.29. The Balaban J connectivity index is 3.96. The van der Waals surface area contributed by atoms with Crippen molar-refractivity contribution in [3.05, 3.63) is 0 Å². The number of carbonyl (C=O) groups is 2. The fraction of sp³-hybridized carbons (Fsp3) is 0.951. The van der Waals surface area contributed by atoms with E-state index in [1.54, 1.807) is 0 Å². The Morgan fingerprint density at radius 2 is 0.761 bits per heavy atom. The molecule has 3 N–H and O–H groups in total. The van der Waals surface area contributed by atoms with Crippen LogP contribution in [0.4, 0.5) is 0 Å². The zero-order valence-electron chi connectivity index (χ0n) is 31.3. The van der Waals surface area contributed by atoms with Gasteiger partial charge in [-0.3, -0.25) is 9.59 Å². The van der Waals surface area contributed by atoms with E-state index in [9.17, 15) is 9.59 Å². The number of nitrogens with zero attached hydrogens (tertiary/aromatic N) is 1. The van der Waals surface area contributed by atoms with Gasteiger partial charge in [0.2, 0.25) is 5.91 Å². The maximum atomic E-state index is 13.0. The number of carboxylic acids is 1. The second kappa shape index (κ2) is 36.7. The number of rotatable bonds is 38. The first-order valence-corrected chi connectivity index (χ1v) is 20.8. The summed E-state index contributed by atoms with van der Waals surface area (Å²) in [4.78, 5) is 25.8. The van der Waals surface area contributed by atoms with Gasteiger partial charge in [0.1, 0.15) is 0 Å². The number of carbonyl (C=O) groups excluding carboxylic acids is 1. The van der Waals surface area contributed by atoms with Crippen molar-refractivity contribution in [3.8, 4) is 0 Å². The molecule has 5 heteroatoms. The Morgan fingerprint density at radius 1 is 0.457 bits per heavy atom. The summed E-state index contributed by atoms with van der Waals surface area (Å²) in [6, 6.07) is 0. The third-order valence-electron chi connectivity index (χ3n) is 9.86. The minimum Gasteiger partial charge on any atom is -0.481 e. The molecule has 0 heterocycles. The second-order valence-electron chi connectivity index (χ2n) is 14.4. The van der Waals surface area contributed by atoms with Gasteiger partial charge in [0, 0.05) is 19.4 Å². The zero-order chi connectivity index (χ0) is 33.8. The van der Waals surface area contributed by atoms with Crippen molar-refractivity contribution in [3.63, 3.8) is 0 Å². The number of unbranched alkanes of at least 4 members (excludes halogenated alkanes) is 29. The van der Waals surface area contributed by atoms with Gasteiger partial charge in [0.05, 0.1) is 6.17 Å². The summed E-state index contributed by atoms with van der Waals surface area (Å²) < 4.78 is 0. The molecular formula is C41H82N2O3.